The first-order chi connectivity index (χ1) is 18.8. The standard InChI is InChI=1S/C22H24N10O5S2/c1-2-37-28-13(16-27-22(24)39-29-16)18(33)26-14-19(34)32-15(21(35)36)11(9-38-20(14)32)8-30-6-3-4-12-17(30)25-10-31(12)7-5-23/h3-4,6,10,14,20H,2,5,7-9,23H2,1H3,(H3-,24,26,27,29,33,35,36)/p+1/b28-13-. The summed E-state index contributed by atoms with van der Waals surface area (Å²) in [6.45, 7) is 3.16. The van der Waals surface area contributed by atoms with Crippen LogP contribution in [-0.4, -0.2) is 82.7 Å². The SMILES string of the molecule is CCO/N=C(\C(=O)NC1C(=O)N2C(C(=O)O)=C(C[n+]3cccc4c3ncn4CCN)CSC12)c1nsc(N)n1. The van der Waals surface area contributed by atoms with Crippen LogP contribution in [0.15, 0.2) is 41.1 Å². The fraction of sp³-hybridized carbons (Fsp3) is 0.364. The number of carbonyl (C=O) groups is 3. The lowest BCUT2D eigenvalue weighted by molar-refractivity contribution is -0.664. The van der Waals surface area contributed by atoms with Crippen molar-refractivity contribution in [2.24, 2.45) is 10.9 Å². The van der Waals surface area contributed by atoms with Crippen molar-refractivity contribution >= 4 is 63.1 Å². The normalized spacial score (nSPS) is 19.2. The number of fused-ring (bicyclic) bond motifs is 2. The average Bonchev–Trinajstić information content (AvgIpc) is 3.54. The summed E-state index contributed by atoms with van der Waals surface area (Å²) in [4.78, 5) is 53.2. The van der Waals surface area contributed by atoms with E-state index in [2.05, 4.69) is 24.8 Å². The van der Waals surface area contributed by atoms with E-state index in [0.717, 1.165) is 17.0 Å². The highest BCUT2D eigenvalue weighted by Gasteiger charge is 2.54. The Morgan fingerprint density at radius 3 is 2.92 bits per heavy atom. The third-order valence-corrected chi connectivity index (χ3v) is 7.95. The summed E-state index contributed by atoms with van der Waals surface area (Å²) in [5.41, 5.74) is 13.1. The minimum atomic E-state index is -1.23. The molecule has 2 atom stereocenters. The van der Waals surface area contributed by atoms with Gasteiger partial charge in [-0.05, 0) is 24.0 Å². The number of nitrogens with zero attached hydrogens (tertiary/aromatic N) is 7. The number of imidazole rings is 1. The van der Waals surface area contributed by atoms with Crippen LogP contribution in [-0.2, 0) is 32.3 Å². The maximum atomic E-state index is 13.2. The molecule has 0 spiro atoms. The van der Waals surface area contributed by atoms with Crippen molar-refractivity contribution in [2.45, 2.75) is 31.4 Å². The van der Waals surface area contributed by atoms with Gasteiger partial charge in [-0.2, -0.15) is 9.36 Å². The van der Waals surface area contributed by atoms with Gasteiger partial charge in [0.2, 0.25) is 17.9 Å². The quantitative estimate of drug-likeness (QED) is 0.0990. The molecule has 0 saturated carbocycles. The number of β-lactam (4-membered cyclic amide) rings is 1. The zero-order valence-corrected chi connectivity index (χ0v) is 22.3. The molecule has 3 aromatic rings. The summed E-state index contributed by atoms with van der Waals surface area (Å²) in [7, 11) is 0. The number of hydrogen-bond acceptors (Lipinski definition) is 12. The number of aliphatic carboxylic acids is 1. The molecule has 6 N–H and O–H groups in total. The van der Waals surface area contributed by atoms with Gasteiger partial charge in [0.15, 0.2) is 5.13 Å². The molecule has 1 fully saturated rings. The van der Waals surface area contributed by atoms with E-state index in [4.69, 9.17) is 16.3 Å². The third-order valence-electron chi connectivity index (χ3n) is 6.07. The summed E-state index contributed by atoms with van der Waals surface area (Å²) < 4.78 is 7.76. The summed E-state index contributed by atoms with van der Waals surface area (Å²) >= 11 is 2.24. The molecular formula is C22H25N10O5S2+. The molecule has 0 radical (unpaired) electrons. The number of aromatic nitrogens is 5. The van der Waals surface area contributed by atoms with Gasteiger partial charge >= 0.3 is 11.6 Å². The fourth-order valence-electron chi connectivity index (χ4n) is 4.39. The summed E-state index contributed by atoms with van der Waals surface area (Å²) in [5, 5.41) is 16.0. The Balaban J connectivity index is 1.37. The van der Waals surface area contributed by atoms with Crippen LogP contribution in [0.2, 0.25) is 0 Å². The van der Waals surface area contributed by atoms with Crippen LogP contribution in [0.1, 0.15) is 12.7 Å². The van der Waals surface area contributed by atoms with E-state index in [9.17, 15) is 19.5 Å². The van der Waals surface area contributed by atoms with E-state index in [-0.39, 0.29) is 35.5 Å². The fourth-order valence-corrected chi connectivity index (χ4v) is 6.16. The van der Waals surface area contributed by atoms with Gasteiger partial charge in [0.25, 0.3) is 11.8 Å². The number of carbonyl (C=O) groups excluding carboxylic acids is 2. The van der Waals surface area contributed by atoms with Crippen LogP contribution >= 0.6 is 23.3 Å². The van der Waals surface area contributed by atoms with Crippen molar-refractivity contribution < 1.29 is 28.9 Å². The second kappa shape index (κ2) is 11.0. The monoisotopic (exact) mass is 573 g/mol. The number of thioether (sulfide) groups is 1. The predicted molar refractivity (Wildman–Crippen MR) is 141 cm³/mol. The first-order valence-electron chi connectivity index (χ1n) is 11.9. The summed E-state index contributed by atoms with van der Waals surface area (Å²) in [6.07, 6.45) is 3.50. The van der Waals surface area contributed by atoms with Crippen molar-refractivity contribution in [3.05, 3.63) is 41.8 Å². The van der Waals surface area contributed by atoms with Gasteiger partial charge in [-0.15, -0.1) is 11.8 Å². The molecule has 2 aliphatic heterocycles. The predicted octanol–water partition coefficient (Wildman–Crippen LogP) is -1.10. The van der Waals surface area contributed by atoms with Gasteiger partial charge in [0.1, 0.15) is 35.8 Å². The van der Waals surface area contributed by atoms with Crippen molar-refractivity contribution in [2.75, 3.05) is 24.6 Å². The zero-order valence-electron chi connectivity index (χ0n) is 20.7. The minimum absolute atomic E-state index is 0.0307. The van der Waals surface area contributed by atoms with E-state index in [1.54, 1.807) is 13.3 Å². The molecule has 1 saturated heterocycles. The lowest BCUT2D eigenvalue weighted by atomic mass is 10.0. The average molecular weight is 574 g/mol. The molecule has 39 heavy (non-hydrogen) atoms. The molecule has 2 amide bonds. The van der Waals surface area contributed by atoms with Crippen LogP contribution in [0.4, 0.5) is 5.13 Å². The Bertz CT molecular complexity index is 1520. The number of pyridine rings is 1. The molecule has 0 aromatic carbocycles. The Hall–Kier alpha value is -4.09. The first-order valence-corrected chi connectivity index (χ1v) is 13.7. The largest absolute Gasteiger partial charge is 0.477 e. The minimum Gasteiger partial charge on any atom is -0.477 e. The van der Waals surface area contributed by atoms with Crippen molar-refractivity contribution in [1.82, 2.24) is 29.1 Å². The number of hydrogen-bond donors (Lipinski definition) is 4. The van der Waals surface area contributed by atoms with E-state index < -0.39 is 29.2 Å². The van der Waals surface area contributed by atoms with Crippen molar-refractivity contribution in [3.63, 3.8) is 0 Å². The second-order valence-corrected chi connectivity index (χ2v) is 10.4. The number of carboxylic acids is 1. The highest BCUT2D eigenvalue weighted by molar-refractivity contribution is 8.00. The third kappa shape index (κ3) is 4.90. The molecule has 0 bridgehead atoms. The van der Waals surface area contributed by atoms with E-state index in [1.165, 1.54) is 16.7 Å². The molecule has 0 aliphatic carbocycles. The number of nitrogen functional groups attached to an aromatic ring is 1. The number of oxime groups is 1. The maximum Gasteiger partial charge on any atom is 0.352 e. The number of amides is 2. The van der Waals surface area contributed by atoms with Crippen molar-refractivity contribution in [1.29, 1.82) is 0 Å². The van der Waals surface area contributed by atoms with E-state index >= 15 is 0 Å². The molecule has 2 unspecified atom stereocenters. The van der Waals surface area contributed by atoms with Gasteiger partial charge in [0, 0.05) is 35.9 Å². The molecule has 5 rings (SSSR count). The zero-order chi connectivity index (χ0) is 27.7. The van der Waals surface area contributed by atoms with Gasteiger partial charge in [-0.25, -0.2) is 9.36 Å². The number of anilines is 1. The van der Waals surface area contributed by atoms with E-state index in [0.29, 0.717) is 30.1 Å². The molecule has 5 heterocycles. The highest BCUT2D eigenvalue weighted by atomic mass is 32.2. The lowest BCUT2D eigenvalue weighted by Crippen LogP contribution is -2.71. The highest BCUT2D eigenvalue weighted by Crippen LogP contribution is 2.40. The van der Waals surface area contributed by atoms with Gasteiger partial charge in [-0.3, -0.25) is 14.5 Å². The Kier molecular flexibility index (Phi) is 7.45. The summed E-state index contributed by atoms with van der Waals surface area (Å²) in [5.74, 6) is -2.21. The summed E-state index contributed by atoms with van der Waals surface area (Å²) in [6, 6.07) is 2.80. The number of rotatable bonds is 10. The molecule has 204 valence electrons. The molecule has 2 aliphatic rings. The second-order valence-electron chi connectivity index (χ2n) is 8.50. The lowest BCUT2D eigenvalue weighted by Gasteiger charge is -2.49. The number of nitrogens with two attached hydrogens (primary N) is 2. The maximum absolute atomic E-state index is 13.2. The number of nitrogens with one attached hydrogen (secondary N) is 1. The first kappa shape index (κ1) is 26.5. The topological polar surface area (TPSA) is 208 Å². The Morgan fingerprint density at radius 2 is 2.23 bits per heavy atom. The number of carboxylic acid groups (broad SMARTS) is 1. The molecular weight excluding hydrogens is 548 g/mol. The van der Waals surface area contributed by atoms with Crippen molar-refractivity contribution in [3.8, 4) is 0 Å². The van der Waals surface area contributed by atoms with Gasteiger partial charge < -0.3 is 31.3 Å². The van der Waals surface area contributed by atoms with Crippen LogP contribution in [0.3, 0.4) is 0 Å². The molecule has 17 heteroatoms. The Labute approximate surface area is 229 Å². The van der Waals surface area contributed by atoms with Crippen LogP contribution < -0.4 is 21.4 Å². The van der Waals surface area contributed by atoms with Crippen LogP contribution in [0, 0.1) is 0 Å². The van der Waals surface area contributed by atoms with Gasteiger partial charge in [-0.1, -0.05) is 5.16 Å². The van der Waals surface area contributed by atoms with Crippen LogP contribution in [0.5, 0.6) is 0 Å². The molecule has 15 nitrogen and oxygen atoms in total. The van der Waals surface area contributed by atoms with Crippen LogP contribution in [0.25, 0.3) is 11.2 Å². The van der Waals surface area contributed by atoms with Gasteiger partial charge in [0.05, 0.1) is 6.20 Å². The molecule has 3 aromatic heterocycles. The smallest absolute Gasteiger partial charge is 0.352 e. The Morgan fingerprint density at radius 1 is 1.41 bits per heavy atom. The van der Waals surface area contributed by atoms with E-state index in [1.807, 2.05) is 27.5 Å².